The molecule has 1 aliphatic rings. The molecule has 0 aromatic carbocycles. The molecule has 0 bridgehead atoms. The highest BCUT2D eigenvalue weighted by Crippen LogP contribution is 2.43. The maximum absolute atomic E-state index is 12.7. The van der Waals surface area contributed by atoms with Crippen LogP contribution in [0.3, 0.4) is 0 Å². The first-order valence-corrected chi connectivity index (χ1v) is 24.4. The van der Waals surface area contributed by atoms with E-state index >= 15 is 0 Å². The van der Waals surface area contributed by atoms with Gasteiger partial charge >= 0.3 is 19.8 Å². The first-order chi connectivity index (χ1) is 27.9. The molecule has 8 atom stereocenters. The lowest BCUT2D eigenvalue weighted by molar-refractivity contribution is -0.161. The van der Waals surface area contributed by atoms with Gasteiger partial charge in [-0.3, -0.25) is 18.6 Å². The molecular weight excluding hydrogens is 767 g/mol. The summed E-state index contributed by atoms with van der Waals surface area (Å²) in [6.45, 7) is 2.06. The second-order valence-corrected chi connectivity index (χ2v) is 17.9. The zero-order valence-electron chi connectivity index (χ0n) is 36.1. The molecule has 6 N–H and O–H groups in total. The quantitative estimate of drug-likeness (QED) is 0.0149. The summed E-state index contributed by atoms with van der Waals surface area (Å²) in [6, 6.07) is 0. The number of phosphoric ester groups is 1. The molecule has 0 heterocycles. The summed E-state index contributed by atoms with van der Waals surface area (Å²) in [4.78, 5) is 35.2. The van der Waals surface area contributed by atoms with Gasteiger partial charge in [-0.05, 0) is 31.6 Å². The molecule has 1 saturated carbocycles. The maximum Gasteiger partial charge on any atom is 0.472 e. The molecule has 1 unspecified atom stereocenters. The van der Waals surface area contributed by atoms with Crippen LogP contribution < -0.4 is 0 Å². The Kier molecular flexibility index (Phi) is 33.2. The van der Waals surface area contributed by atoms with Crippen molar-refractivity contribution in [1.29, 1.82) is 0 Å². The largest absolute Gasteiger partial charge is 0.472 e. The number of aliphatic hydroxyl groups is 5. The number of carbonyl (C=O) groups is 2. The Bertz CT molecular complexity index is 1090. The van der Waals surface area contributed by atoms with Crippen molar-refractivity contribution in [2.24, 2.45) is 11.8 Å². The summed E-state index contributed by atoms with van der Waals surface area (Å²) in [5.74, 6) is -1.39. The number of rotatable bonds is 39. The number of unbranched alkanes of at least 4 members (excludes halogenated alkanes) is 19. The highest BCUT2D eigenvalue weighted by atomic mass is 31.2. The van der Waals surface area contributed by atoms with Gasteiger partial charge in [-0.2, -0.15) is 0 Å². The maximum atomic E-state index is 12.7. The van der Waals surface area contributed by atoms with E-state index in [-0.39, 0.29) is 31.3 Å². The number of esters is 2. The molecule has 0 saturated heterocycles. The number of aliphatic hydroxyl groups excluding tert-OH is 5. The molecule has 0 amide bonds. The summed E-state index contributed by atoms with van der Waals surface area (Å²) in [5.41, 5.74) is 0. The van der Waals surface area contributed by atoms with Gasteiger partial charge in [0.25, 0.3) is 0 Å². The van der Waals surface area contributed by atoms with E-state index in [4.69, 9.17) is 19.1 Å². The fraction of sp³-hybridized carbons (Fsp3) is 0.909. The summed E-state index contributed by atoms with van der Waals surface area (Å²) < 4.78 is 32.8. The van der Waals surface area contributed by atoms with Crippen LogP contribution in [-0.4, -0.2) is 99.3 Å². The molecule has 1 fully saturated rings. The van der Waals surface area contributed by atoms with Crippen LogP contribution in [0.4, 0.5) is 0 Å². The van der Waals surface area contributed by atoms with Gasteiger partial charge in [-0.15, -0.1) is 0 Å². The summed E-state index contributed by atoms with van der Waals surface area (Å²) in [5, 5.41) is 49.8. The third kappa shape index (κ3) is 28.9. The molecule has 342 valence electrons. The van der Waals surface area contributed by atoms with E-state index in [1.807, 2.05) is 6.08 Å². The Morgan fingerprint density at radius 3 is 1.74 bits per heavy atom. The number of carbonyl (C=O) groups excluding carboxylic acids is 2. The Morgan fingerprint density at radius 2 is 1.17 bits per heavy atom. The van der Waals surface area contributed by atoms with Gasteiger partial charge in [-0.1, -0.05) is 154 Å². The lowest BCUT2D eigenvalue weighted by Gasteiger charge is -2.21. The normalized spacial score (nSPS) is 20.9. The van der Waals surface area contributed by atoms with Crippen LogP contribution in [-0.2, 0) is 32.7 Å². The van der Waals surface area contributed by atoms with Crippen LogP contribution in [0.25, 0.3) is 0 Å². The van der Waals surface area contributed by atoms with Crippen LogP contribution in [0.1, 0.15) is 187 Å². The van der Waals surface area contributed by atoms with Gasteiger partial charge in [0, 0.05) is 25.2 Å². The number of phosphoric acid groups is 1. The van der Waals surface area contributed by atoms with Crippen molar-refractivity contribution in [3.05, 3.63) is 12.2 Å². The second-order valence-electron chi connectivity index (χ2n) is 16.4. The predicted molar refractivity (Wildman–Crippen MR) is 226 cm³/mol. The van der Waals surface area contributed by atoms with Crippen LogP contribution >= 0.6 is 7.82 Å². The summed E-state index contributed by atoms with van der Waals surface area (Å²) >= 11 is 0. The Morgan fingerprint density at radius 1 is 0.672 bits per heavy atom. The summed E-state index contributed by atoms with van der Waals surface area (Å²) in [6.07, 6.45) is 25.2. The van der Waals surface area contributed by atoms with E-state index < -0.39 is 70.1 Å². The molecule has 0 aromatic heterocycles. The molecule has 0 aliphatic heterocycles. The smallest absolute Gasteiger partial charge is 0.462 e. The van der Waals surface area contributed by atoms with E-state index in [0.717, 1.165) is 51.4 Å². The van der Waals surface area contributed by atoms with Crippen molar-refractivity contribution < 1.29 is 63.1 Å². The highest BCUT2D eigenvalue weighted by molar-refractivity contribution is 7.47. The second kappa shape index (κ2) is 35.2. The van der Waals surface area contributed by atoms with Gasteiger partial charge in [0.1, 0.15) is 12.7 Å². The zero-order chi connectivity index (χ0) is 42.9. The lowest BCUT2D eigenvalue weighted by Crippen LogP contribution is -2.29. The van der Waals surface area contributed by atoms with Crippen LogP contribution in [0.2, 0.25) is 0 Å². The Balaban J connectivity index is 2.42. The van der Waals surface area contributed by atoms with Gasteiger partial charge in [0.05, 0.1) is 38.1 Å². The fourth-order valence-electron chi connectivity index (χ4n) is 7.44. The summed E-state index contributed by atoms with van der Waals surface area (Å²) in [7, 11) is -4.68. The van der Waals surface area contributed by atoms with Crippen LogP contribution in [0.5, 0.6) is 0 Å². The van der Waals surface area contributed by atoms with Crippen molar-refractivity contribution in [3.63, 3.8) is 0 Å². The van der Waals surface area contributed by atoms with E-state index in [9.17, 15) is 39.5 Å². The molecule has 14 heteroatoms. The minimum Gasteiger partial charge on any atom is -0.462 e. The average Bonchev–Trinajstić information content (AvgIpc) is 3.47. The van der Waals surface area contributed by atoms with E-state index in [0.29, 0.717) is 38.5 Å². The molecular formula is C44H83O13P. The molecule has 13 nitrogen and oxygen atoms in total. The number of ether oxygens (including phenoxy) is 2. The Labute approximate surface area is 350 Å². The van der Waals surface area contributed by atoms with Gasteiger partial charge < -0.3 is 39.9 Å². The van der Waals surface area contributed by atoms with Crippen molar-refractivity contribution >= 4 is 19.8 Å². The fourth-order valence-corrected chi connectivity index (χ4v) is 8.23. The highest BCUT2D eigenvalue weighted by Gasteiger charge is 2.39. The molecule has 0 radical (unpaired) electrons. The molecule has 58 heavy (non-hydrogen) atoms. The van der Waals surface area contributed by atoms with Crippen LogP contribution in [0.15, 0.2) is 12.2 Å². The Hall–Kier alpha value is -1.41. The molecule has 0 aromatic rings. The topological polar surface area (TPSA) is 210 Å². The first kappa shape index (κ1) is 54.6. The van der Waals surface area contributed by atoms with Crippen molar-refractivity contribution in [1.82, 2.24) is 0 Å². The average molecular weight is 851 g/mol. The lowest BCUT2D eigenvalue weighted by atomic mass is 9.88. The third-order valence-corrected chi connectivity index (χ3v) is 12.0. The van der Waals surface area contributed by atoms with Crippen molar-refractivity contribution in [3.8, 4) is 0 Å². The monoisotopic (exact) mass is 851 g/mol. The molecule has 1 aliphatic carbocycles. The third-order valence-electron chi connectivity index (χ3n) is 11.0. The van der Waals surface area contributed by atoms with Crippen LogP contribution in [0, 0.1) is 11.8 Å². The SMILES string of the molecule is CCCCCCCCCCCCCCCCCC(=O)OC[C@H](COP(=O)(O)OC[C@@H](O)CO)OC(=O)CCCCCC[C@@H]1[C@@H](/C=C/[C@@H](O)CCCCC)[C@H](O)C[C@@H]1O. The number of hydrogen-bond acceptors (Lipinski definition) is 12. The van der Waals surface area contributed by atoms with E-state index in [1.54, 1.807) is 6.08 Å². The molecule has 0 spiro atoms. The van der Waals surface area contributed by atoms with Gasteiger partial charge in [-0.25, -0.2) is 4.57 Å². The van der Waals surface area contributed by atoms with Gasteiger partial charge in [0.15, 0.2) is 6.10 Å². The van der Waals surface area contributed by atoms with Crippen molar-refractivity contribution in [2.45, 2.75) is 218 Å². The number of hydrogen-bond donors (Lipinski definition) is 6. The minimum absolute atomic E-state index is 0.0611. The zero-order valence-corrected chi connectivity index (χ0v) is 37.0. The van der Waals surface area contributed by atoms with Gasteiger partial charge in [0.2, 0.25) is 0 Å². The van der Waals surface area contributed by atoms with E-state index in [2.05, 4.69) is 18.4 Å². The first-order valence-electron chi connectivity index (χ1n) is 22.9. The molecule has 1 rings (SSSR count). The minimum atomic E-state index is -4.68. The van der Waals surface area contributed by atoms with Crippen molar-refractivity contribution in [2.75, 3.05) is 26.4 Å². The van der Waals surface area contributed by atoms with E-state index in [1.165, 1.54) is 70.6 Å². The standard InChI is InChI=1S/C44H83O13P/c1-3-5-7-8-9-10-11-12-13-14-15-16-17-18-23-27-43(50)54-34-38(35-56-58(52,53)55-33-37(47)32-45)57-44(51)28-24-20-19-22-26-39-40(42(49)31-41(39)48)30-29-36(46)25-21-6-4-2/h29-30,36-42,45-49H,3-28,31-35H2,1-2H3,(H,52,53)/b30-29+/t36-,37-,38+,39+,40+,41-,42+/m0/s1. The predicted octanol–water partition coefficient (Wildman–Crippen LogP) is 8.39.